The zero-order chi connectivity index (χ0) is 14.8. The van der Waals surface area contributed by atoms with Crippen molar-refractivity contribution in [3.63, 3.8) is 0 Å². The molecule has 0 heterocycles. The van der Waals surface area contributed by atoms with Crippen LogP contribution in [0.1, 0.15) is 10.4 Å². The van der Waals surface area contributed by atoms with Gasteiger partial charge in [-0.15, -0.1) is 0 Å². The van der Waals surface area contributed by atoms with E-state index in [2.05, 4.69) is 21.2 Å². The lowest BCUT2D eigenvalue weighted by atomic mass is 10.1. The number of halogens is 2. The van der Waals surface area contributed by atoms with Crippen LogP contribution in [0, 0.1) is 5.82 Å². The molecule has 0 aliphatic heterocycles. The van der Waals surface area contributed by atoms with E-state index in [1.165, 1.54) is 6.07 Å². The fourth-order valence-corrected chi connectivity index (χ4v) is 2.70. The highest BCUT2D eigenvalue weighted by Gasteiger charge is 2.15. The Morgan fingerprint density at radius 1 is 0.952 bits per heavy atom. The summed E-state index contributed by atoms with van der Waals surface area (Å²) in [5, 5.41) is 4.83. The molecule has 0 aromatic heterocycles. The number of amides is 1. The molecule has 0 spiro atoms. The van der Waals surface area contributed by atoms with Crippen molar-refractivity contribution >= 4 is 38.3 Å². The van der Waals surface area contributed by atoms with Crippen molar-refractivity contribution in [3.05, 3.63) is 76.5 Å². The minimum Gasteiger partial charge on any atom is -0.322 e. The van der Waals surface area contributed by atoms with Crippen molar-refractivity contribution in [2.45, 2.75) is 0 Å². The highest BCUT2D eigenvalue weighted by atomic mass is 79.9. The summed E-state index contributed by atoms with van der Waals surface area (Å²) in [7, 11) is 0. The zero-order valence-corrected chi connectivity index (χ0v) is 12.5. The first-order chi connectivity index (χ1) is 10.1. The molecule has 3 aromatic rings. The van der Waals surface area contributed by atoms with Crippen LogP contribution in [0.15, 0.2) is 65.1 Å². The van der Waals surface area contributed by atoms with E-state index in [0.29, 0.717) is 10.2 Å². The first kappa shape index (κ1) is 13.8. The zero-order valence-electron chi connectivity index (χ0n) is 10.9. The number of anilines is 1. The molecule has 0 fully saturated rings. The van der Waals surface area contributed by atoms with Crippen LogP contribution in [-0.4, -0.2) is 5.91 Å². The predicted octanol–water partition coefficient (Wildman–Crippen LogP) is 4.99. The second kappa shape index (κ2) is 5.66. The van der Waals surface area contributed by atoms with Crippen LogP contribution in [0.2, 0.25) is 0 Å². The van der Waals surface area contributed by atoms with E-state index in [9.17, 15) is 9.18 Å². The summed E-state index contributed by atoms with van der Waals surface area (Å²) in [6.45, 7) is 0. The van der Waals surface area contributed by atoms with Gasteiger partial charge in [-0.05, 0) is 51.0 Å². The number of carbonyl (C=O) groups excluding carboxylic acids is 1. The van der Waals surface area contributed by atoms with Gasteiger partial charge in [0.05, 0.1) is 5.56 Å². The first-order valence-electron chi connectivity index (χ1n) is 6.39. The molecule has 0 unspecified atom stereocenters. The molecule has 1 amide bonds. The molecule has 2 nitrogen and oxygen atoms in total. The summed E-state index contributed by atoms with van der Waals surface area (Å²) in [5.74, 6) is -1.03. The SMILES string of the molecule is O=C(Nc1ccc2ccccc2c1)c1c(F)cccc1Br. The molecule has 0 saturated heterocycles. The highest BCUT2D eigenvalue weighted by Crippen LogP contribution is 2.23. The molecule has 21 heavy (non-hydrogen) atoms. The second-order valence-electron chi connectivity index (χ2n) is 4.61. The fraction of sp³-hybridized carbons (Fsp3) is 0. The van der Waals surface area contributed by atoms with Gasteiger partial charge in [0.1, 0.15) is 5.82 Å². The number of benzene rings is 3. The van der Waals surface area contributed by atoms with E-state index in [1.807, 2.05) is 36.4 Å². The third-order valence-corrected chi connectivity index (χ3v) is 3.86. The Balaban J connectivity index is 1.93. The van der Waals surface area contributed by atoms with Crippen molar-refractivity contribution < 1.29 is 9.18 Å². The fourth-order valence-electron chi connectivity index (χ4n) is 2.18. The Morgan fingerprint density at radius 2 is 1.71 bits per heavy atom. The third-order valence-electron chi connectivity index (χ3n) is 3.20. The number of fused-ring (bicyclic) bond motifs is 1. The average molecular weight is 344 g/mol. The van der Waals surface area contributed by atoms with Gasteiger partial charge in [0.15, 0.2) is 0 Å². The Kier molecular flexibility index (Phi) is 3.71. The molecule has 0 aliphatic carbocycles. The first-order valence-corrected chi connectivity index (χ1v) is 7.18. The number of rotatable bonds is 2. The Morgan fingerprint density at radius 3 is 2.48 bits per heavy atom. The van der Waals surface area contributed by atoms with Gasteiger partial charge < -0.3 is 5.32 Å². The maximum absolute atomic E-state index is 13.8. The van der Waals surface area contributed by atoms with E-state index >= 15 is 0 Å². The van der Waals surface area contributed by atoms with E-state index in [-0.39, 0.29) is 5.56 Å². The average Bonchev–Trinajstić information content (AvgIpc) is 2.47. The molecule has 104 valence electrons. The summed E-state index contributed by atoms with van der Waals surface area (Å²) in [5.41, 5.74) is 0.638. The monoisotopic (exact) mass is 343 g/mol. The largest absolute Gasteiger partial charge is 0.322 e. The lowest BCUT2D eigenvalue weighted by molar-refractivity contribution is 0.102. The van der Waals surface area contributed by atoms with Gasteiger partial charge in [-0.2, -0.15) is 0 Å². The molecular weight excluding hydrogens is 333 g/mol. The van der Waals surface area contributed by atoms with Gasteiger partial charge in [-0.25, -0.2) is 4.39 Å². The van der Waals surface area contributed by atoms with E-state index in [1.54, 1.807) is 18.2 Å². The summed E-state index contributed by atoms with van der Waals surface area (Å²) in [6.07, 6.45) is 0. The van der Waals surface area contributed by atoms with Crippen LogP contribution in [0.5, 0.6) is 0 Å². The summed E-state index contributed by atoms with van der Waals surface area (Å²) in [6, 6.07) is 17.9. The standard InChI is InChI=1S/C17H11BrFNO/c18-14-6-3-7-15(19)16(14)17(21)20-13-9-8-11-4-1-2-5-12(11)10-13/h1-10H,(H,20,21). The molecule has 0 aliphatic rings. The topological polar surface area (TPSA) is 29.1 Å². The van der Waals surface area contributed by atoms with Crippen LogP contribution in [-0.2, 0) is 0 Å². The third kappa shape index (κ3) is 2.81. The van der Waals surface area contributed by atoms with Gasteiger partial charge in [0, 0.05) is 10.2 Å². The number of nitrogens with one attached hydrogen (secondary N) is 1. The normalized spacial score (nSPS) is 10.6. The van der Waals surface area contributed by atoms with Crippen molar-refractivity contribution in [1.29, 1.82) is 0 Å². The van der Waals surface area contributed by atoms with Crippen LogP contribution in [0.4, 0.5) is 10.1 Å². The number of hydrogen-bond donors (Lipinski definition) is 1. The van der Waals surface area contributed by atoms with Crippen LogP contribution in [0.3, 0.4) is 0 Å². The molecule has 0 atom stereocenters. The minimum atomic E-state index is -0.553. The molecule has 0 bridgehead atoms. The van der Waals surface area contributed by atoms with Crippen LogP contribution >= 0.6 is 15.9 Å². The lowest BCUT2D eigenvalue weighted by Crippen LogP contribution is -2.14. The van der Waals surface area contributed by atoms with Crippen molar-refractivity contribution in [3.8, 4) is 0 Å². The molecule has 0 radical (unpaired) electrons. The maximum atomic E-state index is 13.8. The predicted molar refractivity (Wildman–Crippen MR) is 86.0 cm³/mol. The quantitative estimate of drug-likeness (QED) is 0.697. The molecule has 0 saturated carbocycles. The Hall–Kier alpha value is -2.20. The van der Waals surface area contributed by atoms with Gasteiger partial charge in [-0.3, -0.25) is 4.79 Å². The summed E-state index contributed by atoms with van der Waals surface area (Å²) >= 11 is 3.20. The Labute approximate surface area is 129 Å². The second-order valence-corrected chi connectivity index (χ2v) is 5.47. The van der Waals surface area contributed by atoms with Crippen molar-refractivity contribution in [2.75, 3.05) is 5.32 Å². The Bertz CT molecular complexity index is 812. The lowest BCUT2D eigenvalue weighted by Gasteiger charge is -2.08. The van der Waals surface area contributed by atoms with Gasteiger partial charge in [-0.1, -0.05) is 36.4 Å². The van der Waals surface area contributed by atoms with E-state index in [0.717, 1.165) is 10.8 Å². The van der Waals surface area contributed by atoms with Crippen LogP contribution < -0.4 is 5.32 Å². The highest BCUT2D eigenvalue weighted by molar-refractivity contribution is 9.10. The van der Waals surface area contributed by atoms with Gasteiger partial charge in [0.2, 0.25) is 0 Å². The maximum Gasteiger partial charge on any atom is 0.259 e. The van der Waals surface area contributed by atoms with Gasteiger partial charge >= 0.3 is 0 Å². The molecule has 1 N–H and O–H groups in total. The van der Waals surface area contributed by atoms with Crippen molar-refractivity contribution in [1.82, 2.24) is 0 Å². The smallest absolute Gasteiger partial charge is 0.259 e. The number of carbonyl (C=O) groups is 1. The molecular formula is C17H11BrFNO. The minimum absolute atomic E-state index is 0.00524. The molecule has 3 rings (SSSR count). The van der Waals surface area contributed by atoms with Crippen molar-refractivity contribution in [2.24, 2.45) is 0 Å². The summed E-state index contributed by atoms with van der Waals surface area (Å²) in [4.78, 5) is 12.2. The van der Waals surface area contributed by atoms with Gasteiger partial charge in [0.25, 0.3) is 5.91 Å². The molecule has 3 aromatic carbocycles. The molecule has 4 heteroatoms. The van der Waals surface area contributed by atoms with E-state index < -0.39 is 11.7 Å². The van der Waals surface area contributed by atoms with Crippen LogP contribution in [0.25, 0.3) is 10.8 Å². The van der Waals surface area contributed by atoms with E-state index in [4.69, 9.17) is 0 Å². The summed E-state index contributed by atoms with van der Waals surface area (Å²) < 4.78 is 14.2. The number of hydrogen-bond acceptors (Lipinski definition) is 1.